The number of ether oxygens (including phenoxy) is 1. The minimum Gasteiger partial charge on any atom is -0.406 e. The average Bonchev–Trinajstić information content (AvgIpc) is 3.02. The highest BCUT2D eigenvalue weighted by Crippen LogP contribution is 2.23. The quantitative estimate of drug-likeness (QED) is 0.724. The van der Waals surface area contributed by atoms with Crippen LogP contribution in [0.2, 0.25) is 0 Å². The smallest absolute Gasteiger partial charge is 0.406 e. The molecule has 1 amide bonds. The molecule has 1 unspecified atom stereocenters. The number of nitriles is 1. The first-order chi connectivity index (χ1) is 13.2. The number of carbonyl (C=O) groups excluding carboxylic acids is 1. The van der Waals surface area contributed by atoms with Crippen molar-refractivity contribution in [2.24, 2.45) is 0 Å². The molecule has 28 heavy (non-hydrogen) atoms. The van der Waals surface area contributed by atoms with Gasteiger partial charge in [-0.25, -0.2) is 0 Å². The Balaban J connectivity index is 1.72. The van der Waals surface area contributed by atoms with Gasteiger partial charge in [-0.1, -0.05) is 12.1 Å². The van der Waals surface area contributed by atoms with Gasteiger partial charge >= 0.3 is 6.36 Å². The van der Waals surface area contributed by atoms with Crippen molar-refractivity contribution < 1.29 is 22.7 Å². The number of alkyl halides is 3. The first-order valence-corrected chi connectivity index (χ1v) is 8.07. The van der Waals surface area contributed by atoms with Gasteiger partial charge in [0.15, 0.2) is 0 Å². The summed E-state index contributed by atoms with van der Waals surface area (Å²) < 4.78 is 40.4. The molecule has 0 fully saturated rings. The fourth-order valence-corrected chi connectivity index (χ4v) is 2.49. The van der Waals surface area contributed by atoms with Crippen molar-refractivity contribution >= 4 is 16.9 Å². The predicted molar refractivity (Wildman–Crippen MR) is 92.1 cm³/mol. The zero-order valence-electron chi connectivity index (χ0n) is 14.6. The van der Waals surface area contributed by atoms with E-state index in [0.29, 0.717) is 11.0 Å². The van der Waals surface area contributed by atoms with Crippen LogP contribution in [0.5, 0.6) is 5.75 Å². The monoisotopic (exact) mass is 389 g/mol. The van der Waals surface area contributed by atoms with Crippen LogP contribution in [0.3, 0.4) is 0 Å². The van der Waals surface area contributed by atoms with Crippen LogP contribution in [-0.4, -0.2) is 32.8 Å². The summed E-state index contributed by atoms with van der Waals surface area (Å²) >= 11 is 0. The molecule has 3 rings (SSSR count). The lowest BCUT2D eigenvalue weighted by Gasteiger charge is -2.22. The highest BCUT2D eigenvalue weighted by Gasteiger charge is 2.31. The normalized spacial score (nSPS) is 13.5. The Morgan fingerprint density at radius 1 is 1.14 bits per heavy atom. The summed E-state index contributed by atoms with van der Waals surface area (Å²) in [7, 11) is 0. The zero-order chi connectivity index (χ0) is 20.4. The third kappa shape index (κ3) is 4.56. The second-order valence-corrected chi connectivity index (χ2v) is 6.19. The van der Waals surface area contributed by atoms with Crippen LogP contribution in [0.15, 0.2) is 48.5 Å². The second kappa shape index (κ2) is 7.19. The third-order valence-electron chi connectivity index (χ3n) is 3.77. The zero-order valence-corrected chi connectivity index (χ0v) is 14.6. The maximum absolute atomic E-state index is 12.4. The van der Waals surface area contributed by atoms with Gasteiger partial charge in [0.05, 0.1) is 12.6 Å². The van der Waals surface area contributed by atoms with Gasteiger partial charge in [0.2, 0.25) is 0 Å². The summed E-state index contributed by atoms with van der Waals surface area (Å²) in [5, 5.41) is 20.6. The Hall–Kier alpha value is -3.61. The lowest BCUT2D eigenvalue weighted by molar-refractivity contribution is -0.274. The number of nitrogens with one attached hydrogen (secondary N) is 1. The lowest BCUT2D eigenvalue weighted by atomic mass is 10.0. The number of aromatic nitrogens is 3. The van der Waals surface area contributed by atoms with E-state index < -0.39 is 23.6 Å². The number of fused-ring (bicyclic) bond motifs is 1. The highest BCUT2D eigenvalue weighted by molar-refractivity contribution is 5.95. The Bertz CT molecular complexity index is 1010. The van der Waals surface area contributed by atoms with Crippen molar-refractivity contribution in [2.75, 3.05) is 0 Å². The topological polar surface area (TPSA) is 92.8 Å². The van der Waals surface area contributed by atoms with E-state index in [1.54, 1.807) is 24.3 Å². The minimum atomic E-state index is -4.82. The second-order valence-electron chi connectivity index (χ2n) is 6.19. The van der Waals surface area contributed by atoms with Crippen LogP contribution in [0.1, 0.15) is 17.3 Å². The molecule has 10 heteroatoms. The van der Waals surface area contributed by atoms with Gasteiger partial charge in [0.1, 0.15) is 22.3 Å². The molecule has 0 bridgehead atoms. The van der Waals surface area contributed by atoms with Gasteiger partial charge in [-0.2, -0.15) is 20.3 Å². The highest BCUT2D eigenvalue weighted by atomic mass is 19.4. The molecule has 7 nitrogen and oxygen atoms in total. The molecule has 1 N–H and O–H groups in total. The van der Waals surface area contributed by atoms with Crippen LogP contribution in [0.4, 0.5) is 13.2 Å². The summed E-state index contributed by atoms with van der Waals surface area (Å²) in [6.07, 6.45) is -4.82. The van der Waals surface area contributed by atoms with Gasteiger partial charge < -0.3 is 10.1 Å². The molecule has 144 valence electrons. The van der Waals surface area contributed by atoms with E-state index in [9.17, 15) is 23.2 Å². The molecule has 0 aliphatic heterocycles. The number of carbonyl (C=O) groups is 1. The van der Waals surface area contributed by atoms with Gasteiger partial charge in [0, 0.05) is 5.56 Å². The van der Waals surface area contributed by atoms with E-state index >= 15 is 0 Å². The Morgan fingerprint density at radius 2 is 1.71 bits per heavy atom. The fraction of sp³-hybridized carbons (Fsp3) is 0.222. The molecular formula is C18H14F3N5O2. The molecule has 1 heterocycles. The molecule has 0 saturated heterocycles. The number of hydrogen-bond donors (Lipinski definition) is 1. The standard InChI is InChI=1S/C18H14F3N5O2/c1-17(10-22,11-26-24-14-4-2-3-5-15(14)25-26)23-16(27)12-6-8-13(9-7-12)28-18(19,20)21/h2-9H,11H2,1H3,(H,23,27). The maximum atomic E-state index is 12.4. The largest absolute Gasteiger partial charge is 0.573 e. The van der Waals surface area contributed by atoms with E-state index in [-0.39, 0.29) is 12.1 Å². The molecule has 0 aliphatic carbocycles. The number of amides is 1. The van der Waals surface area contributed by atoms with E-state index in [2.05, 4.69) is 20.3 Å². The first-order valence-electron chi connectivity index (χ1n) is 8.07. The Kier molecular flexibility index (Phi) is 4.92. The summed E-state index contributed by atoms with van der Waals surface area (Å²) in [6, 6.07) is 13.5. The minimum absolute atomic E-state index is 0.0147. The van der Waals surface area contributed by atoms with Crippen molar-refractivity contribution in [3.8, 4) is 11.8 Å². The van der Waals surface area contributed by atoms with Gasteiger partial charge in [-0.3, -0.25) is 4.79 Å². The van der Waals surface area contributed by atoms with Crippen LogP contribution >= 0.6 is 0 Å². The number of hydrogen-bond acceptors (Lipinski definition) is 5. The molecule has 2 aromatic carbocycles. The molecule has 0 aliphatic rings. The van der Waals surface area contributed by atoms with Crippen molar-refractivity contribution in [3.63, 3.8) is 0 Å². The van der Waals surface area contributed by atoms with Crippen LogP contribution in [0.25, 0.3) is 11.0 Å². The van der Waals surface area contributed by atoms with Gasteiger partial charge in [0.25, 0.3) is 5.91 Å². The third-order valence-corrected chi connectivity index (χ3v) is 3.77. The lowest BCUT2D eigenvalue weighted by Crippen LogP contribution is -2.48. The summed E-state index contributed by atoms with van der Waals surface area (Å²) in [5.41, 5.74) is 0.0334. The van der Waals surface area contributed by atoms with E-state index in [1.165, 1.54) is 23.9 Å². The van der Waals surface area contributed by atoms with E-state index in [4.69, 9.17) is 0 Å². The number of nitrogens with zero attached hydrogens (tertiary/aromatic N) is 4. The number of rotatable bonds is 5. The fourth-order valence-electron chi connectivity index (χ4n) is 2.49. The number of halogens is 3. The van der Waals surface area contributed by atoms with Gasteiger partial charge in [-0.15, -0.1) is 13.2 Å². The van der Waals surface area contributed by atoms with Gasteiger partial charge in [-0.05, 0) is 43.3 Å². The molecular weight excluding hydrogens is 375 g/mol. The number of benzene rings is 2. The molecule has 0 saturated carbocycles. The van der Waals surface area contributed by atoms with E-state index in [1.807, 2.05) is 6.07 Å². The van der Waals surface area contributed by atoms with Crippen LogP contribution < -0.4 is 10.1 Å². The SMILES string of the molecule is CC(C#N)(Cn1nc2ccccc2n1)NC(=O)c1ccc(OC(F)(F)F)cc1. The molecule has 0 spiro atoms. The molecule has 1 atom stereocenters. The van der Waals surface area contributed by atoms with Crippen molar-refractivity contribution in [1.82, 2.24) is 20.3 Å². The van der Waals surface area contributed by atoms with Crippen LogP contribution in [0, 0.1) is 11.3 Å². The molecule has 0 radical (unpaired) electrons. The van der Waals surface area contributed by atoms with E-state index in [0.717, 1.165) is 12.1 Å². The van der Waals surface area contributed by atoms with Crippen molar-refractivity contribution in [3.05, 3.63) is 54.1 Å². The predicted octanol–water partition coefficient (Wildman–Crippen LogP) is 3.04. The summed E-state index contributed by atoms with van der Waals surface area (Å²) in [5.74, 6) is -1.07. The Morgan fingerprint density at radius 3 is 2.21 bits per heavy atom. The van der Waals surface area contributed by atoms with Crippen molar-refractivity contribution in [2.45, 2.75) is 25.4 Å². The molecule has 3 aromatic rings. The maximum Gasteiger partial charge on any atom is 0.573 e. The first kappa shape index (κ1) is 19.2. The van der Waals surface area contributed by atoms with Crippen molar-refractivity contribution in [1.29, 1.82) is 5.26 Å². The Labute approximate surface area is 157 Å². The van der Waals surface area contributed by atoms with Crippen LogP contribution in [-0.2, 0) is 6.54 Å². The summed E-state index contributed by atoms with van der Waals surface area (Å²) in [4.78, 5) is 13.7. The molecule has 1 aromatic heterocycles. The summed E-state index contributed by atoms with van der Waals surface area (Å²) in [6.45, 7) is 1.49. The average molecular weight is 389 g/mol.